The number of likely N-dealkylation sites (N-methyl/N-ethyl adjacent to an activating group) is 1. The lowest BCUT2D eigenvalue weighted by molar-refractivity contribution is -0.155. The van der Waals surface area contributed by atoms with Crippen LogP contribution in [0.15, 0.2) is 40.3 Å². The van der Waals surface area contributed by atoms with Crippen molar-refractivity contribution in [2.45, 2.75) is 24.5 Å². The second kappa shape index (κ2) is 9.83. The molecule has 0 aliphatic heterocycles. The number of thiophene rings is 1. The van der Waals surface area contributed by atoms with E-state index in [2.05, 4.69) is 5.18 Å². The number of hydrogen-bond donors (Lipinski definition) is 5. The molecule has 1 aromatic carbocycles. The van der Waals surface area contributed by atoms with Crippen molar-refractivity contribution in [1.29, 1.82) is 5.41 Å². The van der Waals surface area contributed by atoms with Gasteiger partial charge in [0, 0.05) is 47.8 Å². The molecule has 1 saturated carbocycles. The Morgan fingerprint density at radius 2 is 1.90 bits per heavy atom. The number of anilines is 1. The molecule has 42 heavy (non-hydrogen) atoms. The molecule has 0 bridgehead atoms. The summed E-state index contributed by atoms with van der Waals surface area (Å²) in [6.07, 6.45) is 0.648. The van der Waals surface area contributed by atoms with Crippen LogP contribution in [0.1, 0.15) is 17.5 Å². The van der Waals surface area contributed by atoms with Gasteiger partial charge in [0.05, 0.1) is 21.5 Å². The van der Waals surface area contributed by atoms with E-state index in [1.807, 2.05) is 0 Å². The first kappa shape index (κ1) is 29.6. The molecule has 4 atom stereocenters. The van der Waals surface area contributed by atoms with Gasteiger partial charge in [-0.15, -0.1) is 16.2 Å². The lowest BCUT2D eigenvalue weighted by Crippen LogP contribution is -2.67. The molecule has 6 N–H and O–H groups in total. The number of nitrogens with two attached hydrogens (primary N) is 1. The number of primary amides is 1. The molecule has 0 unspecified atom stereocenters. The van der Waals surface area contributed by atoms with E-state index >= 15 is 0 Å². The first-order valence-corrected chi connectivity index (χ1v) is 14.0. The van der Waals surface area contributed by atoms with Gasteiger partial charge < -0.3 is 31.4 Å². The highest BCUT2D eigenvalue weighted by Gasteiger charge is 2.67. The molecule has 12 nitrogen and oxygen atoms in total. The monoisotopic (exact) mass is 613 g/mol. The average Bonchev–Trinajstić information content (AvgIpc) is 3.35. The molecule has 5 rings (SSSR count). The molecular weight excluding hydrogens is 586 g/mol. The van der Waals surface area contributed by atoms with E-state index in [1.165, 1.54) is 30.3 Å². The lowest BCUT2D eigenvalue weighted by atomic mass is 9.52. The molecular formula is C28H28ClN5O7S. The number of nitroso groups, excluding NO2 is 1. The van der Waals surface area contributed by atoms with Crippen LogP contribution in [0.3, 0.4) is 0 Å². The second-order valence-corrected chi connectivity index (χ2v) is 12.9. The number of nitrogens with one attached hydrogen (secondary N) is 1. The molecule has 1 aromatic heterocycles. The first-order valence-electron chi connectivity index (χ1n) is 12.8. The van der Waals surface area contributed by atoms with Crippen LogP contribution in [0.2, 0.25) is 4.34 Å². The zero-order valence-electron chi connectivity index (χ0n) is 23.1. The smallest absolute Gasteiger partial charge is 0.255 e. The lowest BCUT2D eigenvalue weighted by Gasteiger charge is -2.53. The molecule has 3 aliphatic rings. The van der Waals surface area contributed by atoms with Crippen LogP contribution in [-0.4, -0.2) is 83.7 Å². The number of aliphatic hydroxyl groups is 3. The van der Waals surface area contributed by atoms with E-state index in [0.717, 1.165) is 6.21 Å². The number of Topliss-reactive ketones (excluding diaryl/α,β-unsaturated/α-hetero) is 2. The van der Waals surface area contributed by atoms with Crippen molar-refractivity contribution in [2.75, 3.05) is 33.1 Å². The highest BCUT2D eigenvalue weighted by Crippen LogP contribution is 2.59. The largest absolute Gasteiger partial charge is 0.508 e. The molecule has 0 radical (unpaired) electrons. The number of benzene rings is 1. The van der Waals surface area contributed by atoms with Gasteiger partial charge in [-0.25, -0.2) is 0 Å². The molecule has 220 valence electrons. The number of amides is 1. The Bertz CT molecular complexity index is 1680. The number of ketones is 2. The molecule has 0 spiro atoms. The van der Waals surface area contributed by atoms with Crippen LogP contribution in [-0.2, 0) is 20.8 Å². The standard InChI is InChI=1S/C28H28ClN5O7S/c1-33(2)14-7-11(15-5-6-16(29)42-15)20(32-41)17-12(14)8-27(10-30)9-13-21(34(3)4)23(36)18(26(31)39)24(37)28(13,40)25(38)19(27)22(17)35/h5-7,10,13,21,30,35,37,40H,8-9H2,1-4H3,(H2,31,39)/t13-,21-,27-,28+/m0/s1. The SMILES string of the molecule is CN(C)c1cc(-c2ccc(Cl)s2)c(N=O)c2c1C[C@@]1(C=N)C[C@H]3[C@H](N(C)C)C(=O)C(C(N)=O)=C(O)[C@@]3(O)C(=O)C1=C2O. The van der Waals surface area contributed by atoms with Crippen molar-refractivity contribution < 1.29 is 29.7 Å². The molecule has 1 fully saturated rings. The maximum Gasteiger partial charge on any atom is 0.255 e. The van der Waals surface area contributed by atoms with Crippen LogP contribution >= 0.6 is 22.9 Å². The molecule has 0 saturated heterocycles. The predicted octanol–water partition coefficient (Wildman–Crippen LogP) is 3.12. The maximum absolute atomic E-state index is 14.3. The van der Waals surface area contributed by atoms with Crippen LogP contribution < -0.4 is 10.6 Å². The molecule has 1 amide bonds. The highest BCUT2D eigenvalue weighted by atomic mass is 35.5. The van der Waals surface area contributed by atoms with Gasteiger partial charge in [-0.3, -0.25) is 19.3 Å². The van der Waals surface area contributed by atoms with E-state index in [1.54, 1.807) is 37.2 Å². The van der Waals surface area contributed by atoms with E-state index in [9.17, 15) is 34.6 Å². The highest BCUT2D eigenvalue weighted by molar-refractivity contribution is 7.19. The summed E-state index contributed by atoms with van der Waals surface area (Å²) in [5.41, 5.74) is 0.737. The van der Waals surface area contributed by atoms with Gasteiger partial charge in [0.15, 0.2) is 11.4 Å². The third kappa shape index (κ3) is 3.80. The van der Waals surface area contributed by atoms with Gasteiger partial charge in [-0.2, -0.15) is 0 Å². The summed E-state index contributed by atoms with van der Waals surface area (Å²) >= 11 is 7.33. The van der Waals surface area contributed by atoms with Crippen molar-refractivity contribution in [2.24, 2.45) is 22.2 Å². The number of carbonyl (C=O) groups is 3. The van der Waals surface area contributed by atoms with Gasteiger partial charge in [0.1, 0.15) is 22.8 Å². The number of aliphatic hydroxyl groups excluding tert-OH is 2. The molecule has 1 heterocycles. The van der Waals surface area contributed by atoms with Gasteiger partial charge in [-0.1, -0.05) is 11.6 Å². The fraction of sp³-hybridized carbons (Fsp3) is 0.357. The van der Waals surface area contributed by atoms with Gasteiger partial charge in [0.2, 0.25) is 5.78 Å². The number of halogens is 1. The fourth-order valence-electron chi connectivity index (χ4n) is 6.72. The van der Waals surface area contributed by atoms with Gasteiger partial charge >= 0.3 is 0 Å². The van der Waals surface area contributed by atoms with Crippen LogP contribution in [0, 0.1) is 21.6 Å². The van der Waals surface area contributed by atoms with E-state index in [4.69, 9.17) is 22.7 Å². The second-order valence-electron chi connectivity index (χ2n) is 11.2. The average molecular weight is 614 g/mol. The Morgan fingerprint density at radius 3 is 2.40 bits per heavy atom. The van der Waals surface area contributed by atoms with E-state index in [0.29, 0.717) is 26.0 Å². The predicted molar refractivity (Wildman–Crippen MR) is 158 cm³/mol. The van der Waals surface area contributed by atoms with Crippen molar-refractivity contribution in [3.05, 3.63) is 55.5 Å². The van der Waals surface area contributed by atoms with Crippen LogP contribution in [0.5, 0.6) is 0 Å². The molecule has 2 aromatic rings. The van der Waals surface area contributed by atoms with Crippen molar-refractivity contribution in [3.63, 3.8) is 0 Å². The minimum Gasteiger partial charge on any atom is -0.508 e. The minimum absolute atomic E-state index is 0.0618. The first-order chi connectivity index (χ1) is 19.7. The summed E-state index contributed by atoms with van der Waals surface area (Å²) in [6, 6.07) is 3.77. The Kier molecular flexibility index (Phi) is 6.93. The van der Waals surface area contributed by atoms with E-state index in [-0.39, 0.29) is 24.1 Å². The molecule has 3 aliphatic carbocycles. The number of carbonyl (C=O) groups excluding carboxylic acids is 3. The Hall–Kier alpha value is -3.91. The fourth-order valence-corrected chi connectivity index (χ4v) is 7.78. The number of hydrogen-bond acceptors (Lipinski definition) is 12. The number of rotatable bonds is 6. The Balaban J connectivity index is 1.88. The number of nitrogens with zero attached hydrogens (tertiary/aromatic N) is 3. The quantitative estimate of drug-likeness (QED) is 0.184. The third-order valence-electron chi connectivity index (χ3n) is 8.53. The summed E-state index contributed by atoms with van der Waals surface area (Å²) in [4.78, 5) is 56.1. The zero-order valence-corrected chi connectivity index (χ0v) is 24.6. The van der Waals surface area contributed by atoms with Crippen LogP contribution in [0.4, 0.5) is 11.4 Å². The summed E-state index contributed by atoms with van der Waals surface area (Å²) in [6.45, 7) is 0. The van der Waals surface area contributed by atoms with Gasteiger partial charge in [-0.05, 0) is 55.9 Å². The number of fused-ring (bicyclic) bond motifs is 3. The summed E-state index contributed by atoms with van der Waals surface area (Å²) < 4.78 is 0.446. The summed E-state index contributed by atoms with van der Waals surface area (Å²) in [5, 5.41) is 46.6. The maximum atomic E-state index is 14.3. The Labute approximate surface area is 249 Å². The zero-order chi connectivity index (χ0) is 31.0. The summed E-state index contributed by atoms with van der Waals surface area (Å²) in [5.74, 6) is -6.65. The summed E-state index contributed by atoms with van der Waals surface area (Å²) in [7, 11) is 6.52. The normalized spacial score (nSPS) is 27.0. The Morgan fingerprint density at radius 1 is 1.24 bits per heavy atom. The van der Waals surface area contributed by atoms with Crippen LogP contribution in [0.25, 0.3) is 16.2 Å². The van der Waals surface area contributed by atoms with E-state index < -0.39 is 63.1 Å². The third-order valence-corrected chi connectivity index (χ3v) is 9.79. The van der Waals surface area contributed by atoms with Crippen molar-refractivity contribution >= 4 is 63.8 Å². The molecule has 14 heteroatoms. The topological polar surface area (TPSA) is 198 Å². The van der Waals surface area contributed by atoms with Gasteiger partial charge in [0.25, 0.3) is 5.91 Å². The van der Waals surface area contributed by atoms with Crippen molar-refractivity contribution in [3.8, 4) is 10.4 Å². The minimum atomic E-state index is -2.83. The van der Waals surface area contributed by atoms with Crippen molar-refractivity contribution in [1.82, 2.24) is 4.90 Å².